The number of carbonyl (C=O) groups excluding carboxylic acids is 1. The summed E-state index contributed by atoms with van der Waals surface area (Å²) in [6.07, 6.45) is 1.66. The molecule has 0 N–H and O–H groups in total. The minimum absolute atomic E-state index is 0.0214. The van der Waals surface area contributed by atoms with E-state index < -0.39 is 0 Å². The molecular weight excluding hydrogens is 375 g/mol. The lowest BCUT2D eigenvalue weighted by atomic mass is 10.1. The van der Waals surface area contributed by atoms with E-state index in [1.54, 1.807) is 17.3 Å². The van der Waals surface area contributed by atoms with Crippen molar-refractivity contribution >= 4 is 17.7 Å². The molecule has 3 rings (SSSR count). The second-order valence-electron chi connectivity index (χ2n) is 6.60. The van der Waals surface area contributed by atoms with Gasteiger partial charge in [0.1, 0.15) is 12.1 Å². The number of hydrogen-bond donors (Lipinski definition) is 0. The van der Waals surface area contributed by atoms with Gasteiger partial charge in [-0.3, -0.25) is 9.36 Å². The number of halogens is 1. The van der Waals surface area contributed by atoms with Crippen molar-refractivity contribution in [2.24, 2.45) is 0 Å². The molecule has 0 aliphatic carbocycles. The first-order valence-corrected chi connectivity index (χ1v) is 10.1. The molecule has 1 heterocycles. The highest BCUT2D eigenvalue weighted by molar-refractivity contribution is 7.99. The smallest absolute Gasteiger partial charge is 0.233 e. The van der Waals surface area contributed by atoms with Gasteiger partial charge >= 0.3 is 0 Å². The van der Waals surface area contributed by atoms with Crippen LogP contribution >= 0.6 is 11.8 Å². The molecule has 7 heteroatoms. The lowest BCUT2D eigenvalue weighted by Crippen LogP contribution is -2.31. The van der Waals surface area contributed by atoms with E-state index in [-0.39, 0.29) is 17.5 Å². The lowest BCUT2D eigenvalue weighted by molar-refractivity contribution is -0.128. The fourth-order valence-corrected chi connectivity index (χ4v) is 3.84. The van der Waals surface area contributed by atoms with E-state index >= 15 is 0 Å². The fraction of sp³-hybridized carbons (Fsp3) is 0.286. The van der Waals surface area contributed by atoms with E-state index in [1.807, 2.05) is 36.6 Å². The summed E-state index contributed by atoms with van der Waals surface area (Å²) >= 11 is 1.35. The van der Waals surface area contributed by atoms with Gasteiger partial charge < -0.3 is 4.90 Å². The van der Waals surface area contributed by atoms with Crippen molar-refractivity contribution in [3.63, 3.8) is 0 Å². The van der Waals surface area contributed by atoms with Crippen LogP contribution in [0.2, 0.25) is 0 Å². The first kappa shape index (κ1) is 20.1. The van der Waals surface area contributed by atoms with Crippen LogP contribution < -0.4 is 0 Å². The maximum atomic E-state index is 13.4. The average molecular weight is 399 g/mol. The normalized spacial score (nSPS) is 10.9. The molecule has 0 aliphatic heterocycles. The number of aromatic nitrogens is 3. The van der Waals surface area contributed by atoms with Crippen molar-refractivity contribution in [1.82, 2.24) is 19.7 Å². The van der Waals surface area contributed by atoms with Crippen molar-refractivity contribution in [1.29, 1.82) is 0 Å². The molecule has 3 aromatic rings. The fourth-order valence-electron chi connectivity index (χ4n) is 3.01. The zero-order valence-electron chi connectivity index (χ0n) is 16.2. The van der Waals surface area contributed by atoms with Crippen LogP contribution in [-0.2, 0) is 11.3 Å². The van der Waals surface area contributed by atoms with Gasteiger partial charge in [-0.15, -0.1) is 10.2 Å². The van der Waals surface area contributed by atoms with Crippen LogP contribution in [0.4, 0.5) is 4.39 Å². The Kier molecular flexibility index (Phi) is 6.46. The molecule has 0 bridgehead atoms. The molecule has 146 valence electrons. The Morgan fingerprint density at radius 3 is 2.75 bits per heavy atom. The summed E-state index contributed by atoms with van der Waals surface area (Å²) in [6, 6.07) is 12.5. The van der Waals surface area contributed by atoms with Crippen LogP contribution in [0.15, 0.2) is 53.9 Å². The highest BCUT2D eigenvalue weighted by Gasteiger charge is 2.16. The average Bonchev–Trinajstić information content (AvgIpc) is 3.12. The Balaban J connectivity index is 1.68. The standard InChI is InChI=1S/C21H23FN4OS/c1-4-25(12-17-6-5-7-18(22)11-17)20(27)13-28-21-24-23-14-26(21)19-9-8-15(2)10-16(19)3/h5-11,14H,4,12-13H2,1-3H3. The highest BCUT2D eigenvalue weighted by Crippen LogP contribution is 2.23. The summed E-state index contributed by atoms with van der Waals surface area (Å²) in [5.41, 5.74) is 4.08. The molecule has 5 nitrogen and oxygen atoms in total. The number of benzene rings is 2. The first-order chi connectivity index (χ1) is 13.5. The van der Waals surface area contributed by atoms with E-state index in [0.29, 0.717) is 18.2 Å². The number of rotatable bonds is 7. The summed E-state index contributed by atoms with van der Waals surface area (Å²) in [6.45, 7) is 6.95. The van der Waals surface area contributed by atoms with E-state index in [4.69, 9.17) is 0 Å². The molecule has 0 atom stereocenters. The summed E-state index contributed by atoms with van der Waals surface area (Å²) in [7, 11) is 0. The van der Waals surface area contributed by atoms with Crippen molar-refractivity contribution in [3.8, 4) is 5.69 Å². The molecular formula is C21H23FN4OS. The Morgan fingerprint density at radius 2 is 2.04 bits per heavy atom. The molecule has 0 saturated heterocycles. The van der Waals surface area contributed by atoms with Crippen LogP contribution in [0.25, 0.3) is 5.69 Å². The number of carbonyl (C=O) groups is 1. The number of thioether (sulfide) groups is 1. The minimum Gasteiger partial charge on any atom is -0.338 e. The molecule has 0 unspecified atom stereocenters. The predicted octanol–water partition coefficient (Wildman–Crippen LogP) is 4.16. The monoisotopic (exact) mass is 398 g/mol. The molecule has 0 saturated carbocycles. The maximum absolute atomic E-state index is 13.4. The van der Waals surface area contributed by atoms with Gasteiger partial charge in [0.25, 0.3) is 0 Å². The van der Waals surface area contributed by atoms with Gasteiger partial charge in [-0.1, -0.05) is 41.6 Å². The summed E-state index contributed by atoms with van der Waals surface area (Å²) in [5, 5.41) is 8.84. The number of amides is 1. The van der Waals surface area contributed by atoms with Gasteiger partial charge in [-0.25, -0.2) is 4.39 Å². The maximum Gasteiger partial charge on any atom is 0.233 e. The minimum atomic E-state index is -0.294. The van der Waals surface area contributed by atoms with Crippen LogP contribution in [0.5, 0.6) is 0 Å². The third kappa shape index (κ3) is 4.78. The van der Waals surface area contributed by atoms with Crippen molar-refractivity contribution in [2.45, 2.75) is 32.5 Å². The van der Waals surface area contributed by atoms with Crippen molar-refractivity contribution < 1.29 is 9.18 Å². The molecule has 0 fully saturated rings. The summed E-state index contributed by atoms with van der Waals surface area (Å²) in [4.78, 5) is 14.4. The van der Waals surface area contributed by atoms with Crippen molar-refractivity contribution in [3.05, 3.63) is 71.3 Å². The molecule has 28 heavy (non-hydrogen) atoms. The second kappa shape index (κ2) is 9.01. The second-order valence-corrected chi connectivity index (χ2v) is 7.54. The third-order valence-electron chi connectivity index (χ3n) is 4.45. The SMILES string of the molecule is CCN(Cc1cccc(F)c1)C(=O)CSc1nncn1-c1ccc(C)cc1C. The summed E-state index contributed by atoms with van der Waals surface area (Å²) in [5.74, 6) is -0.0730. The Morgan fingerprint density at radius 1 is 1.21 bits per heavy atom. The van der Waals surface area contributed by atoms with E-state index in [9.17, 15) is 9.18 Å². The summed E-state index contributed by atoms with van der Waals surface area (Å²) < 4.78 is 15.3. The molecule has 1 aromatic heterocycles. The quantitative estimate of drug-likeness (QED) is 0.561. The van der Waals surface area contributed by atoms with Crippen LogP contribution in [0.1, 0.15) is 23.6 Å². The van der Waals surface area contributed by atoms with Gasteiger partial charge in [0, 0.05) is 13.1 Å². The molecule has 0 aliphatic rings. The zero-order chi connectivity index (χ0) is 20.1. The van der Waals surface area contributed by atoms with Crippen molar-refractivity contribution in [2.75, 3.05) is 12.3 Å². The topological polar surface area (TPSA) is 51.0 Å². The Labute approximate surface area is 168 Å². The first-order valence-electron chi connectivity index (χ1n) is 9.10. The van der Waals surface area contributed by atoms with Gasteiger partial charge in [0.2, 0.25) is 5.91 Å². The van der Waals surface area contributed by atoms with E-state index in [0.717, 1.165) is 16.8 Å². The largest absolute Gasteiger partial charge is 0.338 e. The lowest BCUT2D eigenvalue weighted by Gasteiger charge is -2.21. The zero-order valence-corrected chi connectivity index (χ0v) is 17.0. The predicted molar refractivity (Wildman–Crippen MR) is 109 cm³/mol. The number of nitrogens with zero attached hydrogens (tertiary/aromatic N) is 4. The molecule has 0 spiro atoms. The van der Waals surface area contributed by atoms with Crippen LogP contribution in [0, 0.1) is 19.7 Å². The molecule has 1 amide bonds. The Bertz CT molecular complexity index is 973. The third-order valence-corrected chi connectivity index (χ3v) is 5.38. The van der Waals surface area contributed by atoms with Gasteiger partial charge in [-0.2, -0.15) is 0 Å². The van der Waals surface area contributed by atoms with E-state index in [1.165, 1.54) is 29.5 Å². The van der Waals surface area contributed by atoms with Crippen LogP contribution in [-0.4, -0.2) is 37.9 Å². The van der Waals surface area contributed by atoms with Gasteiger partial charge in [0.05, 0.1) is 11.4 Å². The highest BCUT2D eigenvalue weighted by atomic mass is 32.2. The Hall–Kier alpha value is -2.67. The molecule has 2 aromatic carbocycles. The number of aryl methyl sites for hydroxylation is 2. The van der Waals surface area contributed by atoms with Crippen LogP contribution in [0.3, 0.4) is 0 Å². The van der Waals surface area contributed by atoms with Gasteiger partial charge in [-0.05, 0) is 50.1 Å². The van der Waals surface area contributed by atoms with E-state index in [2.05, 4.69) is 23.2 Å². The molecule has 0 radical (unpaired) electrons. The number of hydrogen-bond acceptors (Lipinski definition) is 4. The van der Waals surface area contributed by atoms with Gasteiger partial charge in [0.15, 0.2) is 5.16 Å².